The molecular formula is C11H14N6O5. The van der Waals surface area contributed by atoms with Crippen molar-refractivity contribution in [1.82, 2.24) is 19.5 Å². The molecule has 4 atom stereocenters. The molecule has 5 N–H and O–H groups in total. The van der Waals surface area contributed by atoms with Crippen molar-refractivity contribution in [3.8, 4) is 0 Å². The molecule has 0 bridgehead atoms. The molecule has 1 saturated heterocycles. The van der Waals surface area contributed by atoms with Crippen LogP contribution in [0.15, 0.2) is 17.8 Å². The lowest BCUT2D eigenvalue weighted by atomic mass is 10.1. The number of hydrogen-bond acceptors (Lipinski definition) is 10. The van der Waals surface area contributed by atoms with Crippen LogP contribution in [0.25, 0.3) is 11.2 Å². The van der Waals surface area contributed by atoms with Crippen LogP contribution in [0.4, 0.5) is 5.82 Å². The Labute approximate surface area is 123 Å². The van der Waals surface area contributed by atoms with Gasteiger partial charge >= 0.3 is 5.91 Å². The third kappa shape index (κ3) is 1.84. The maximum atomic E-state index is 10.3. The van der Waals surface area contributed by atoms with E-state index in [4.69, 9.17) is 15.3 Å². The fourth-order valence-corrected chi connectivity index (χ4v) is 2.41. The van der Waals surface area contributed by atoms with E-state index in [1.54, 1.807) is 0 Å². The van der Waals surface area contributed by atoms with E-state index < -0.39 is 30.8 Å². The molecule has 0 amide bonds. The number of nitrogens with zero attached hydrogens (tertiary/aromatic N) is 5. The Morgan fingerprint density at radius 3 is 2.86 bits per heavy atom. The topological polar surface area (TPSA) is 161 Å². The summed E-state index contributed by atoms with van der Waals surface area (Å²) in [5, 5.41) is 32.8. The molecule has 118 valence electrons. The number of rotatable bonds is 4. The molecule has 0 spiro atoms. The molecule has 22 heavy (non-hydrogen) atoms. The van der Waals surface area contributed by atoms with Gasteiger partial charge in [0.25, 0.3) is 0 Å². The highest BCUT2D eigenvalue weighted by molar-refractivity contribution is 5.81. The van der Waals surface area contributed by atoms with Crippen LogP contribution in [0.5, 0.6) is 0 Å². The zero-order valence-corrected chi connectivity index (χ0v) is 11.3. The molecule has 2 aromatic heterocycles. The van der Waals surface area contributed by atoms with Gasteiger partial charge in [0.05, 0.1) is 6.61 Å². The second kappa shape index (κ2) is 5.14. The predicted molar refractivity (Wildman–Crippen MR) is 72.3 cm³/mol. The first-order valence-corrected chi connectivity index (χ1v) is 6.28. The summed E-state index contributed by atoms with van der Waals surface area (Å²) < 4.78 is 6.68. The number of aliphatic hydroxyl groups excluding tert-OH is 3. The second-order valence-corrected chi connectivity index (χ2v) is 4.67. The SMILES string of the molecule is C=NO[C@@]1(n2cnc3c(N)ncnc32)O[C@H](CO)[C@@H](O)[C@H]1O. The van der Waals surface area contributed by atoms with E-state index in [0.717, 1.165) is 0 Å². The van der Waals surface area contributed by atoms with Crippen LogP contribution in [-0.4, -0.2) is 66.5 Å². The van der Waals surface area contributed by atoms with Crippen LogP contribution in [0.3, 0.4) is 0 Å². The predicted octanol–water partition coefficient (Wildman–Crippen LogP) is -2.24. The molecule has 3 rings (SSSR count). The average molecular weight is 310 g/mol. The van der Waals surface area contributed by atoms with Crippen molar-refractivity contribution >= 4 is 23.7 Å². The maximum Gasteiger partial charge on any atom is 0.354 e. The van der Waals surface area contributed by atoms with Crippen LogP contribution < -0.4 is 5.73 Å². The number of ether oxygens (including phenoxy) is 1. The smallest absolute Gasteiger partial charge is 0.354 e. The van der Waals surface area contributed by atoms with Crippen LogP contribution >= 0.6 is 0 Å². The van der Waals surface area contributed by atoms with E-state index in [-0.39, 0.29) is 17.0 Å². The molecule has 2 aromatic rings. The standard InChI is InChI=1S/C11H14N6O5/c1-13-22-11(8(20)7(19)5(2-18)21-11)17-4-16-6-9(12)14-3-15-10(6)17/h3-5,7-8,18-20H,1-2H2,(H2,12,14,15)/t5-,7-,8-,11+/m1/s1. The number of aliphatic hydroxyl groups is 3. The minimum atomic E-state index is -1.98. The lowest BCUT2D eigenvalue weighted by Crippen LogP contribution is -2.46. The van der Waals surface area contributed by atoms with E-state index in [1.165, 1.54) is 17.2 Å². The largest absolute Gasteiger partial charge is 0.394 e. The first kappa shape index (κ1) is 14.6. The Balaban J connectivity index is 2.19. The summed E-state index contributed by atoms with van der Waals surface area (Å²) in [4.78, 5) is 16.9. The van der Waals surface area contributed by atoms with Gasteiger partial charge in [0.2, 0.25) is 0 Å². The lowest BCUT2D eigenvalue weighted by Gasteiger charge is -2.29. The first-order valence-electron chi connectivity index (χ1n) is 6.28. The number of anilines is 1. The van der Waals surface area contributed by atoms with Crippen LogP contribution in [-0.2, 0) is 15.5 Å². The molecule has 0 saturated carbocycles. The maximum absolute atomic E-state index is 10.3. The van der Waals surface area contributed by atoms with Crippen molar-refractivity contribution in [2.45, 2.75) is 24.2 Å². The molecule has 11 heteroatoms. The Hall–Kier alpha value is -2.34. The number of aromatic nitrogens is 4. The minimum absolute atomic E-state index is 0.122. The van der Waals surface area contributed by atoms with Crippen LogP contribution in [0, 0.1) is 0 Å². The zero-order chi connectivity index (χ0) is 15.9. The highest BCUT2D eigenvalue weighted by atomic mass is 16.8. The van der Waals surface area contributed by atoms with Gasteiger partial charge in [-0.15, -0.1) is 0 Å². The Kier molecular flexibility index (Phi) is 3.41. The second-order valence-electron chi connectivity index (χ2n) is 4.67. The van der Waals surface area contributed by atoms with Crippen molar-refractivity contribution in [1.29, 1.82) is 0 Å². The fourth-order valence-electron chi connectivity index (χ4n) is 2.41. The zero-order valence-electron chi connectivity index (χ0n) is 11.3. The summed E-state index contributed by atoms with van der Waals surface area (Å²) >= 11 is 0. The Morgan fingerprint density at radius 2 is 2.23 bits per heavy atom. The summed E-state index contributed by atoms with van der Waals surface area (Å²) in [6.07, 6.45) is -1.64. The van der Waals surface area contributed by atoms with Gasteiger partial charge in [-0.2, -0.15) is 0 Å². The fraction of sp³-hybridized carbons (Fsp3) is 0.455. The number of fused-ring (bicyclic) bond motifs is 1. The molecule has 0 unspecified atom stereocenters. The number of imidazole rings is 1. The molecule has 0 radical (unpaired) electrons. The van der Waals surface area contributed by atoms with Gasteiger partial charge in [0.1, 0.15) is 30.4 Å². The van der Waals surface area contributed by atoms with Crippen molar-refractivity contribution < 1.29 is 24.9 Å². The third-order valence-electron chi connectivity index (χ3n) is 3.47. The minimum Gasteiger partial charge on any atom is -0.394 e. The summed E-state index contributed by atoms with van der Waals surface area (Å²) in [5.41, 5.74) is 6.16. The normalized spacial score (nSPS) is 31.5. The van der Waals surface area contributed by atoms with Crippen LogP contribution in [0.1, 0.15) is 0 Å². The molecule has 3 heterocycles. The monoisotopic (exact) mass is 310 g/mol. The van der Waals surface area contributed by atoms with Crippen molar-refractivity contribution in [2.24, 2.45) is 5.16 Å². The molecule has 0 aliphatic carbocycles. The number of nitrogen functional groups attached to an aromatic ring is 1. The summed E-state index contributed by atoms with van der Waals surface area (Å²) in [7, 11) is 0. The molecule has 0 aromatic carbocycles. The van der Waals surface area contributed by atoms with E-state index in [1.807, 2.05) is 0 Å². The lowest BCUT2D eigenvalue weighted by molar-refractivity contribution is -0.314. The molecule has 1 aliphatic rings. The van der Waals surface area contributed by atoms with Crippen molar-refractivity contribution in [2.75, 3.05) is 12.3 Å². The van der Waals surface area contributed by atoms with E-state index in [9.17, 15) is 15.3 Å². The van der Waals surface area contributed by atoms with Gasteiger partial charge < -0.3 is 30.6 Å². The molecule has 11 nitrogen and oxygen atoms in total. The van der Waals surface area contributed by atoms with Gasteiger partial charge in [-0.1, -0.05) is 5.16 Å². The number of nitrogens with two attached hydrogens (primary N) is 1. The van der Waals surface area contributed by atoms with Gasteiger partial charge in [0.15, 0.2) is 17.6 Å². The Bertz CT molecular complexity index is 707. The number of oxime groups is 1. The molecule has 1 aliphatic heterocycles. The van der Waals surface area contributed by atoms with Crippen molar-refractivity contribution in [3.63, 3.8) is 0 Å². The van der Waals surface area contributed by atoms with Crippen molar-refractivity contribution in [3.05, 3.63) is 12.7 Å². The summed E-state index contributed by atoms with van der Waals surface area (Å²) in [6.45, 7) is 2.65. The van der Waals surface area contributed by atoms with Gasteiger partial charge in [-0.3, -0.25) is 0 Å². The van der Waals surface area contributed by atoms with E-state index in [2.05, 4.69) is 26.8 Å². The van der Waals surface area contributed by atoms with Gasteiger partial charge in [-0.25, -0.2) is 19.5 Å². The molecule has 1 fully saturated rings. The summed E-state index contributed by atoms with van der Waals surface area (Å²) in [6, 6.07) is 0. The van der Waals surface area contributed by atoms with Gasteiger partial charge in [0, 0.05) is 6.72 Å². The quantitative estimate of drug-likeness (QED) is 0.361. The highest BCUT2D eigenvalue weighted by Gasteiger charge is 2.59. The summed E-state index contributed by atoms with van der Waals surface area (Å²) in [5.74, 6) is -1.86. The van der Waals surface area contributed by atoms with E-state index in [0.29, 0.717) is 0 Å². The molecular weight excluding hydrogens is 296 g/mol. The highest BCUT2D eigenvalue weighted by Crippen LogP contribution is 2.38. The van der Waals surface area contributed by atoms with E-state index >= 15 is 0 Å². The first-order chi connectivity index (χ1) is 10.5. The van der Waals surface area contributed by atoms with Crippen LogP contribution in [0.2, 0.25) is 0 Å². The average Bonchev–Trinajstić information content (AvgIpc) is 3.04. The van der Waals surface area contributed by atoms with Gasteiger partial charge in [-0.05, 0) is 0 Å². The number of hydrogen-bond donors (Lipinski definition) is 4. The third-order valence-corrected chi connectivity index (χ3v) is 3.47. The Morgan fingerprint density at radius 1 is 1.45 bits per heavy atom.